The van der Waals surface area contributed by atoms with E-state index in [1.54, 1.807) is 0 Å². The van der Waals surface area contributed by atoms with Gasteiger partial charge in [-0.2, -0.15) is 0 Å². The first-order valence-electron chi connectivity index (χ1n) is 12.9. The van der Waals surface area contributed by atoms with Crippen molar-refractivity contribution >= 4 is 25.0 Å². The Morgan fingerprint density at radius 3 is 2.15 bits per heavy atom. The average Bonchev–Trinajstić information content (AvgIpc) is 3.32. The molecule has 3 aromatic rings. The van der Waals surface area contributed by atoms with E-state index in [0.717, 1.165) is 34.4 Å². The van der Waals surface area contributed by atoms with Gasteiger partial charge in [0.05, 0.1) is 16.9 Å². The molecule has 0 bridgehead atoms. The van der Waals surface area contributed by atoms with Crippen molar-refractivity contribution in [2.45, 2.75) is 44.8 Å². The van der Waals surface area contributed by atoms with Gasteiger partial charge in [0.15, 0.2) is 0 Å². The molecule has 1 aliphatic heterocycles. The molecule has 0 saturated carbocycles. The fourth-order valence-electron chi connectivity index (χ4n) is 4.94. The van der Waals surface area contributed by atoms with E-state index in [4.69, 9.17) is 19.8 Å². The largest absolute Gasteiger partial charge is 0.492 e. The molecule has 6 nitrogen and oxygen atoms in total. The smallest absolute Gasteiger partial charge is 0.449 e. The summed E-state index contributed by atoms with van der Waals surface area (Å²) in [5, 5.41) is 2.74. The SMILES string of the molecule is CC1(C)OB(C(=Cc2cc(F)cc(F)c2N)CNC(=O)OCC2c3ccccc3-c3ccccc32)OC1(C)C. The number of hydrogen-bond acceptors (Lipinski definition) is 5. The van der Waals surface area contributed by atoms with Gasteiger partial charge in [0.2, 0.25) is 0 Å². The maximum Gasteiger partial charge on any atom is 0.492 e. The molecule has 2 aliphatic rings. The standard InChI is InChI=1S/C30H31BF2N2O4/c1-29(2)30(3,4)39-31(38-29)19(13-18-14-20(32)15-26(33)27(18)34)16-35-28(36)37-17-25-23-11-7-5-9-21(23)22-10-6-8-12-24(22)25/h5-15,25H,16-17,34H2,1-4H3,(H,35,36). The van der Waals surface area contributed by atoms with E-state index in [-0.39, 0.29) is 30.3 Å². The van der Waals surface area contributed by atoms with Gasteiger partial charge in [0, 0.05) is 24.1 Å². The lowest BCUT2D eigenvalue weighted by Crippen LogP contribution is -2.41. The third kappa shape index (κ3) is 5.16. The number of nitrogens with two attached hydrogens (primary N) is 1. The van der Waals surface area contributed by atoms with Crippen LogP contribution in [0.5, 0.6) is 0 Å². The van der Waals surface area contributed by atoms with E-state index < -0.39 is 36.0 Å². The van der Waals surface area contributed by atoms with Gasteiger partial charge in [-0.3, -0.25) is 0 Å². The second kappa shape index (κ2) is 10.1. The fraction of sp³-hybridized carbons (Fsp3) is 0.300. The molecule has 1 aliphatic carbocycles. The van der Waals surface area contributed by atoms with E-state index in [1.165, 1.54) is 6.08 Å². The summed E-state index contributed by atoms with van der Waals surface area (Å²) in [4.78, 5) is 12.8. The van der Waals surface area contributed by atoms with E-state index in [0.29, 0.717) is 5.47 Å². The van der Waals surface area contributed by atoms with Crippen molar-refractivity contribution in [2.24, 2.45) is 0 Å². The molecule has 3 N–H and O–H groups in total. The molecular formula is C30H31BF2N2O4. The zero-order valence-corrected chi connectivity index (χ0v) is 22.4. The van der Waals surface area contributed by atoms with Crippen molar-refractivity contribution in [3.8, 4) is 11.1 Å². The van der Waals surface area contributed by atoms with Gasteiger partial charge in [-0.05, 0) is 61.5 Å². The quantitative estimate of drug-likeness (QED) is 0.296. The third-order valence-electron chi connectivity index (χ3n) is 7.80. The number of anilines is 1. The average molecular weight is 532 g/mol. The lowest BCUT2D eigenvalue weighted by atomic mass is 9.77. The van der Waals surface area contributed by atoms with Crippen LogP contribution in [0.3, 0.4) is 0 Å². The van der Waals surface area contributed by atoms with Crippen LogP contribution < -0.4 is 11.1 Å². The Balaban J connectivity index is 1.33. The number of rotatable bonds is 6. The first-order chi connectivity index (χ1) is 18.5. The Morgan fingerprint density at radius 1 is 1.00 bits per heavy atom. The van der Waals surface area contributed by atoms with Gasteiger partial charge in [-0.15, -0.1) is 0 Å². The molecule has 0 atom stereocenters. The van der Waals surface area contributed by atoms with Gasteiger partial charge in [0.1, 0.15) is 18.2 Å². The van der Waals surface area contributed by atoms with Crippen LogP contribution in [0, 0.1) is 11.6 Å². The Labute approximate surface area is 227 Å². The number of amides is 1. The predicted molar refractivity (Wildman–Crippen MR) is 148 cm³/mol. The van der Waals surface area contributed by atoms with Crippen molar-refractivity contribution in [1.29, 1.82) is 0 Å². The highest BCUT2D eigenvalue weighted by Crippen LogP contribution is 2.44. The van der Waals surface area contributed by atoms with Gasteiger partial charge >= 0.3 is 13.2 Å². The number of ether oxygens (including phenoxy) is 1. The second-order valence-corrected chi connectivity index (χ2v) is 10.9. The number of halogens is 2. The van der Waals surface area contributed by atoms with Gasteiger partial charge < -0.3 is 25.1 Å². The first-order valence-corrected chi connectivity index (χ1v) is 12.9. The summed E-state index contributed by atoms with van der Waals surface area (Å²) in [7, 11) is -0.880. The van der Waals surface area contributed by atoms with E-state index in [9.17, 15) is 13.6 Å². The Morgan fingerprint density at radius 2 is 1.56 bits per heavy atom. The minimum atomic E-state index is -0.880. The van der Waals surface area contributed by atoms with Crippen molar-refractivity contribution in [2.75, 3.05) is 18.9 Å². The summed E-state index contributed by atoms with van der Waals surface area (Å²) in [5.41, 5.74) is 9.35. The summed E-state index contributed by atoms with van der Waals surface area (Å²) >= 11 is 0. The molecule has 5 rings (SSSR count). The molecule has 202 valence electrons. The summed E-state index contributed by atoms with van der Waals surface area (Å²) in [5.74, 6) is -1.74. The number of nitrogen functional groups attached to an aromatic ring is 1. The first kappa shape index (κ1) is 26.9. The van der Waals surface area contributed by atoms with Crippen LogP contribution in [0.4, 0.5) is 19.3 Å². The van der Waals surface area contributed by atoms with Crippen LogP contribution in [-0.2, 0) is 14.0 Å². The van der Waals surface area contributed by atoms with Crippen molar-refractivity contribution < 1.29 is 27.6 Å². The topological polar surface area (TPSA) is 82.8 Å². The molecule has 1 heterocycles. The summed E-state index contributed by atoms with van der Waals surface area (Å²) in [6.45, 7) is 7.65. The molecule has 0 unspecified atom stereocenters. The number of alkyl carbamates (subject to hydrolysis) is 1. The van der Waals surface area contributed by atoms with Crippen LogP contribution in [0.15, 0.2) is 66.1 Å². The number of nitrogens with one attached hydrogen (secondary N) is 1. The third-order valence-corrected chi connectivity index (χ3v) is 7.80. The molecular weight excluding hydrogens is 501 g/mol. The lowest BCUT2D eigenvalue weighted by molar-refractivity contribution is 0.00578. The molecule has 0 radical (unpaired) electrons. The normalized spacial score (nSPS) is 17.6. The lowest BCUT2D eigenvalue weighted by Gasteiger charge is -2.32. The maximum absolute atomic E-state index is 14.1. The molecule has 1 amide bonds. The number of carbonyl (C=O) groups is 1. The van der Waals surface area contributed by atoms with Gasteiger partial charge in [0.25, 0.3) is 0 Å². The second-order valence-electron chi connectivity index (χ2n) is 10.9. The summed E-state index contributed by atoms with van der Waals surface area (Å²) in [6, 6.07) is 18.0. The molecule has 1 fully saturated rings. The molecule has 0 aromatic heterocycles. The van der Waals surface area contributed by atoms with Crippen LogP contribution in [-0.4, -0.2) is 37.6 Å². The van der Waals surface area contributed by atoms with Crippen molar-refractivity contribution in [1.82, 2.24) is 5.32 Å². The van der Waals surface area contributed by atoms with Crippen LogP contribution in [0.2, 0.25) is 0 Å². The van der Waals surface area contributed by atoms with Crippen molar-refractivity contribution in [3.63, 3.8) is 0 Å². The number of fused-ring (bicyclic) bond motifs is 3. The highest BCUT2D eigenvalue weighted by atomic mass is 19.1. The fourth-order valence-corrected chi connectivity index (χ4v) is 4.94. The number of benzene rings is 3. The highest BCUT2D eigenvalue weighted by molar-refractivity contribution is 6.56. The molecule has 3 aromatic carbocycles. The van der Waals surface area contributed by atoms with E-state index in [2.05, 4.69) is 17.4 Å². The zero-order chi connectivity index (χ0) is 27.9. The molecule has 0 spiro atoms. The maximum atomic E-state index is 14.1. The van der Waals surface area contributed by atoms with Gasteiger partial charge in [-0.25, -0.2) is 13.6 Å². The molecule has 1 saturated heterocycles. The van der Waals surface area contributed by atoms with Gasteiger partial charge in [-0.1, -0.05) is 54.6 Å². The van der Waals surface area contributed by atoms with Crippen LogP contribution in [0.1, 0.15) is 50.3 Å². The van der Waals surface area contributed by atoms with Crippen molar-refractivity contribution in [3.05, 3.63) is 94.5 Å². The minimum absolute atomic E-state index is 0.0505. The molecule has 39 heavy (non-hydrogen) atoms. The highest BCUT2D eigenvalue weighted by Gasteiger charge is 2.52. The zero-order valence-electron chi connectivity index (χ0n) is 22.4. The predicted octanol–water partition coefficient (Wildman–Crippen LogP) is 6.10. The van der Waals surface area contributed by atoms with Crippen LogP contribution >= 0.6 is 0 Å². The Hall–Kier alpha value is -3.69. The van der Waals surface area contributed by atoms with E-state index in [1.807, 2.05) is 64.1 Å². The number of carbonyl (C=O) groups excluding carboxylic acids is 1. The number of hydrogen-bond donors (Lipinski definition) is 2. The van der Waals surface area contributed by atoms with Crippen LogP contribution in [0.25, 0.3) is 17.2 Å². The summed E-state index contributed by atoms with van der Waals surface area (Å²) in [6.07, 6.45) is 0.839. The molecule has 9 heteroatoms. The van der Waals surface area contributed by atoms with E-state index >= 15 is 0 Å². The summed E-state index contributed by atoms with van der Waals surface area (Å²) < 4.78 is 46.0. The Kier molecular flexibility index (Phi) is 6.99. The Bertz CT molecular complexity index is 1400. The monoisotopic (exact) mass is 532 g/mol. The minimum Gasteiger partial charge on any atom is -0.449 e.